The average Bonchev–Trinajstić information content (AvgIpc) is 2.67. The highest BCUT2D eigenvalue weighted by atomic mass is 35.5. The molecular formula is C21H20ClN3O2. The van der Waals surface area contributed by atoms with Crippen LogP contribution in [0.4, 0.5) is 17.2 Å². The molecule has 0 aliphatic carbocycles. The normalized spacial score (nSPS) is 10.3. The Balaban J connectivity index is 1.49. The van der Waals surface area contributed by atoms with E-state index >= 15 is 0 Å². The van der Waals surface area contributed by atoms with Gasteiger partial charge in [-0.1, -0.05) is 35.9 Å². The minimum absolute atomic E-state index is 0.148. The molecule has 5 nitrogen and oxygen atoms in total. The molecule has 1 heterocycles. The maximum absolute atomic E-state index is 12.0. The van der Waals surface area contributed by atoms with Gasteiger partial charge in [0.1, 0.15) is 11.6 Å². The van der Waals surface area contributed by atoms with Gasteiger partial charge in [-0.2, -0.15) is 0 Å². The summed E-state index contributed by atoms with van der Waals surface area (Å²) in [6.45, 7) is 2.31. The molecule has 27 heavy (non-hydrogen) atoms. The van der Waals surface area contributed by atoms with Crippen LogP contribution in [0.3, 0.4) is 0 Å². The molecule has 0 saturated carbocycles. The van der Waals surface area contributed by atoms with Gasteiger partial charge in [0.25, 0.3) is 0 Å². The second-order valence-corrected chi connectivity index (χ2v) is 6.41. The van der Waals surface area contributed by atoms with E-state index in [1.54, 1.807) is 12.3 Å². The van der Waals surface area contributed by atoms with Crippen molar-refractivity contribution in [2.75, 3.05) is 17.2 Å². The van der Waals surface area contributed by atoms with E-state index in [2.05, 4.69) is 15.6 Å². The Morgan fingerprint density at radius 2 is 1.93 bits per heavy atom. The number of aromatic nitrogens is 1. The first-order valence-electron chi connectivity index (χ1n) is 8.57. The van der Waals surface area contributed by atoms with Crippen LogP contribution < -0.4 is 15.4 Å². The number of rotatable bonds is 7. The zero-order chi connectivity index (χ0) is 19.1. The minimum atomic E-state index is -0.148. The molecule has 0 aliphatic heterocycles. The fraction of sp³-hybridized carbons (Fsp3) is 0.143. The van der Waals surface area contributed by atoms with E-state index in [0.717, 1.165) is 22.7 Å². The summed E-state index contributed by atoms with van der Waals surface area (Å²) in [6, 6.07) is 18.7. The van der Waals surface area contributed by atoms with Gasteiger partial charge in [-0.15, -0.1) is 0 Å². The number of halogens is 1. The van der Waals surface area contributed by atoms with Gasteiger partial charge in [-0.3, -0.25) is 4.79 Å². The Morgan fingerprint density at radius 3 is 2.67 bits per heavy atom. The number of nitrogens with zero attached hydrogens (tertiary/aromatic N) is 1. The number of ether oxygens (including phenoxy) is 1. The number of aryl methyl sites for hydroxylation is 1. The van der Waals surface area contributed by atoms with Crippen LogP contribution in [0.15, 0.2) is 66.9 Å². The van der Waals surface area contributed by atoms with Gasteiger partial charge in [0.05, 0.1) is 24.9 Å². The molecule has 0 saturated heterocycles. The number of carbonyl (C=O) groups excluding carboxylic acids is 1. The van der Waals surface area contributed by atoms with Crippen LogP contribution in [0, 0.1) is 6.92 Å². The Hall–Kier alpha value is -3.05. The quantitative estimate of drug-likeness (QED) is 0.590. The van der Waals surface area contributed by atoms with Crippen molar-refractivity contribution in [1.29, 1.82) is 0 Å². The van der Waals surface area contributed by atoms with Crippen molar-refractivity contribution < 1.29 is 9.53 Å². The summed E-state index contributed by atoms with van der Waals surface area (Å²) < 4.78 is 5.52. The van der Waals surface area contributed by atoms with Gasteiger partial charge in [-0.25, -0.2) is 4.98 Å². The number of benzene rings is 2. The number of anilines is 3. The van der Waals surface area contributed by atoms with Crippen LogP contribution in [0.5, 0.6) is 5.75 Å². The lowest BCUT2D eigenvalue weighted by molar-refractivity contribution is -0.116. The van der Waals surface area contributed by atoms with Crippen molar-refractivity contribution in [3.05, 3.63) is 77.4 Å². The first-order chi connectivity index (χ1) is 13.1. The lowest BCUT2D eigenvalue weighted by Crippen LogP contribution is -2.16. The molecule has 0 fully saturated rings. The highest BCUT2D eigenvalue weighted by Gasteiger charge is 2.05. The number of hydrogen-bond acceptors (Lipinski definition) is 4. The minimum Gasteiger partial charge on any atom is -0.493 e. The number of nitrogens with one attached hydrogen (secondary N) is 2. The van der Waals surface area contributed by atoms with E-state index in [0.29, 0.717) is 17.4 Å². The third-order valence-electron chi connectivity index (χ3n) is 3.85. The SMILES string of the molecule is Cc1ccc(Cl)cc1Nc1ccc(NC(=O)CCOc2ccccc2)nc1. The zero-order valence-electron chi connectivity index (χ0n) is 14.9. The summed E-state index contributed by atoms with van der Waals surface area (Å²) in [6.07, 6.45) is 1.91. The lowest BCUT2D eigenvalue weighted by Gasteiger charge is -2.11. The van der Waals surface area contributed by atoms with Crippen LogP contribution in [-0.4, -0.2) is 17.5 Å². The smallest absolute Gasteiger partial charge is 0.228 e. The number of carbonyl (C=O) groups is 1. The summed E-state index contributed by atoms with van der Waals surface area (Å²) in [7, 11) is 0. The molecule has 0 bridgehead atoms. The predicted molar refractivity (Wildman–Crippen MR) is 109 cm³/mol. The zero-order valence-corrected chi connectivity index (χ0v) is 15.7. The molecule has 3 aromatic rings. The first kappa shape index (κ1) is 18.7. The van der Waals surface area contributed by atoms with Gasteiger partial charge in [0, 0.05) is 10.7 Å². The van der Waals surface area contributed by atoms with Crippen LogP contribution in [0.1, 0.15) is 12.0 Å². The van der Waals surface area contributed by atoms with E-state index in [9.17, 15) is 4.79 Å². The van der Waals surface area contributed by atoms with E-state index in [1.165, 1.54) is 0 Å². The standard InChI is InChI=1S/C21H20ClN3O2/c1-15-7-8-16(22)13-19(15)24-17-9-10-20(23-14-17)25-21(26)11-12-27-18-5-3-2-4-6-18/h2-10,13-14,24H,11-12H2,1H3,(H,23,25,26). The van der Waals surface area contributed by atoms with Crippen LogP contribution in [-0.2, 0) is 4.79 Å². The van der Waals surface area contributed by atoms with Crippen molar-refractivity contribution in [2.24, 2.45) is 0 Å². The molecule has 1 aromatic heterocycles. The summed E-state index contributed by atoms with van der Waals surface area (Å²) >= 11 is 6.03. The second kappa shape index (κ2) is 9.05. The predicted octanol–water partition coefficient (Wildman–Crippen LogP) is 5.19. The third-order valence-corrected chi connectivity index (χ3v) is 4.09. The number of hydrogen-bond donors (Lipinski definition) is 2. The topological polar surface area (TPSA) is 63.2 Å². The van der Waals surface area contributed by atoms with Crippen molar-refractivity contribution >= 4 is 34.7 Å². The number of pyridine rings is 1. The Kier molecular flexibility index (Phi) is 6.28. The molecule has 1 amide bonds. The van der Waals surface area contributed by atoms with Crippen molar-refractivity contribution in [3.63, 3.8) is 0 Å². The highest BCUT2D eigenvalue weighted by Crippen LogP contribution is 2.24. The van der Waals surface area contributed by atoms with Gasteiger partial charge < -0.3 is 15.4 Å². The summed E-state index contributed by atoms with van der Waals surface area (Å²) in [5.74, 6) is 1.09. The molecule has 0 atom stereocenters. The summed E-state index contributed by atoms with van der Waals surface area (Å²) in [5.41, 5.74) is 2.81. The van der Waals surface area contributed by atoms with E-state index in [-0.39, 0.29) is 12.3 Å². The van der Waals surface area contributed by atoms with Crippen LogP contribution >= 0.6 is 11.6 Å². The number of para-hydroxylation sites is 1. The van der Waals surface area contributed by atoms with Crippen molar-refractivity contribution in [1.82, 2.24) is 4.98 Å². The molecule has 6 heteroatoms. The molecular weight excluding hydrogens is 362 g/mol. The molecule has 3 rings (SSSR count). The molecule has 0 aliphatic rings. The fourth-order valence-corrected chi connectivity index (χ4v) is 2.58. The Morgan fingerprint density at radius 1 is 1.11 bits per heavy atom. The monoisotopic (exact) mass is 381 g/mol. The molecule has 2 aromatic carbocycles. The lowest BCUT2D eigenvalue weighted by atomic mass is 10.2. The van der Waals surface area contributed by atoms with Gasteiger partial charge in [-0.05, 0) is 48.9 Å². The van der Waals surface area contributed by atoms with Crippen LogP contribution in [0.25, 0.3) is 0 Å². The molecule has 2 N–H and O–H groups in total. The van der Waals surface area contributed by atoms with Crippen molar-refractivity contribution in [3.8, 4) is 5.75 Å². The molecule has 0 radical (unpaired) electrons. The molecule has 138 valence electrons. The summed E-state index contributed by atoms with van der Waals surface area (Å²) in [5, 5.41) is 6.69. The molecule has 0 unspecified atom stereocenters. The van der Waals surface area contributed by atoms with Gasteiger partial charge in [0.15, 0.2) is 0 Å². The summed E-state index contributed by atoms with van der Waals surface area (Å²) in [4.78, 5) is 16.3. The Bertz CT molecular complexity index is 899. The van der Waals surface area contributed by atoms with E-state index < -0.39 is 0 Å². The second-order valence-electron chi connectivity index (χ2n) is 5.98. The van der Waals surface area contributed by atoms with Crippen molar-refractivity contribution in [2.45, 2.75) is 13.3 Å². The average molecular weight is 382 g/mol. The first-order valence-corrected chi connectivity index (χ1v) is 8.95. The van der Waals surface area contributed by atoms with Crippen LogP contribution in [0.2, 0.25) is 5.02 Å². The van der Waals surface area contributed by atoms with E-state index in [4.69, 9.17) is 16.3 Å². The van der Waals surface area contributed by atoms with Gasteiger partial charge >= 0.3 is 0 Å². The largest absolute Gasteiger partial charge is 0.493 e. The Labute approximate surface area is 163 Å². The maximum Gasteiger partial charge on any atom is 0.228 e. The molecule has 0 spiro atoms. The third kappa shape index (κ3) is 5.72. The van der Waals surface area contributed by atoms with E-state index in [1.807, 2.05) is 61.5 Å². The fourth-order valence-electron chi connectivity index (χ4n) is 2.41. The van der Waals surface area contributed by atoms with Gasteiger partial charge in [0.2, 0.25) is 5.91 Å². The highest BCUT2D eigenvalue weighted by molar-refractivity contribution is 6.30. The maximum atomic E-state index is 12.0. The number of amides is 1.